The predicted molar refractivity (Wildman–Crippen MR) is 115 cm³/mol. The molecule has 0 saturated carbocycles. The Bertz CT molecular complexity index is 1110. The van der Waals surface area contributed by atoms with Gasteiger partial charge in [0.05, 0.1) is 17.5 Å². The number of anilines is 2. The number of hydrogen-bond donors (Lipinski definition) is 1. The van der Waals surface area contributed by atoms with Crippen LogP contribution in [0.25, 0.3) is 0 Å². The van der Waals surface area contributed by atoms with Gasteiger partial charge in [0.25, 0.3) is 5.91 Å². The van der Waals surface area contributed by atoms with Gasteiger partial charge in [-0.2, -0.15) is 0 Å². The van der Waals surface area contributed by atoms with Crippen LogP contribution in [0.3, 0.4) is 0 Å². The van der Waals surface area contributed by atoms with Crippen LogP contribution in [0.1, 0.15) is 15.9 Å². The lowest BCUT2D eigenvalue weighted by Crippen LogP contribution is -2.27. The number of nitrogens with one attached hydrogen (secondary N) is 1. The molecule has 0 saturated heterocycles. The first kappa shape index (κ1) is 20.4. The third-order valence-corrected chi connectivity index (χ3v) is 5.55. The zero-order valence-corrected chi connectivity index (χ0v) is 17.2. The number of aryl methyl sites for hydroxylation is 1. The van der Waals surface area contributed by atoms with E-state index >= 15 is 0 Å². The van der Waals surface area contributed by atoms with Crippen molar-refractivity contribution in [2.75, 3.05) is 22.9 Å². The quantitative estimate of drug-likeness (QED) is 0.652. The zero-order valence-electron chi connectivity index (χ0n) is 16.4. The summed E-state index contributed by atoms with van der Waals surface area (Å²) in [6, 6.07) is 21.2. The molecular weight excluding hydrogens is 388 g/mol. The molecule has 0 aromatic heterocycles. The standard InChI is InChI=1S/C22H22N2O4S/c1-16-8-12-18(13-9-16)28-19-14-10-17(11-15-19)23-22(25)20-6-4-5-7-21(20)24(2)29(3,26)27/h4-15H,1-3H3,(H,23,25). The van der Waals surface area contributed by atoms with E-state index in [4.69, 9.17) is 4.74 Å². The van der Waals surface area contributed by atoms with Crippen LogP contribution in [0.4, 0.5) is 11.4 Å². The van der Waals surface area contributed by atoms with Crippen molar-refractivity contribution in [1.82, 2.24) is 0 Å². The minimum Gasteiger partial charge on any atom is -0.457 e. The number of para-hydroxylation sites is 1. The van der Waals surface area contributed by atoms with Crippen LogP contribution in [0.5, 0.6) is 11.5 Å². The fraction of sp³-hybridized carbons (Fsp3) is 0.136. The Morgan fingerprint density at radius 3 is 2.03 bits per heavy atom. The number of amides is 1. The van der Waals surface area contributed by atoms with Gasteiger partial charge < -0.3 is 10.1 Å². The van der Waals surface area contributed by atoms with E-state index in [-0.39, 0.29) is 5.56 Å². The summed E-state index contributed by atoms with van der Waals surface area (Å²) >= 11 is 0. The average Bonchev–Trinajstić information content (AvgIpc) is 2.70. The normalized spacial score (nSPS) is 11.0. The van der Waals surface area contributed by atoms with Crippen molar-refractivity contribution in [3.8, 4) is 11.5 Å². The van der Waals surface area contributed by atoms with Crippen molar-refractivity contribution in [3.05, 3.63) is 83.9 Å². The maximum Gasteiger partial charge on any atom is 0.257 e. The van der Waals surface area contributed by atoms with Crippen molar-refractivity contribution >= 4 is 27.3 Å². The number of carbonyl (C=O) groups excluding carboxylic acids is 1. The van der Waals surface area contributed by atoms with Gasteiger partial charge in [-0.3, -0.25) is 9.10 Å². The monoisotopic (exact) mass is 410 g/mol. The lowest BCUT2D eigenvalue weighted by Gasteiger charge is -2.19. The molecule has 29 heavy (non-hydrogen) atoms. The molecule has 0 aliphatic heterocycles. The largest absolute Gasteiger partial charge is 0.457 e. The van der Waals surface area contributed by atoms with Gasteiger partial charge in [-0.1, -0.05) is 29.8 Å². The Hall–Kier alpha value is -3.32. The lowest BCUT2D eigenvalue weighted by molar-refractivity contribution is 0.102. The molecule has 1 amide bonds. The highest BCUT2D eigenvalue weighted by Gasteiger charge is 2.19. The summed E-state index contributed by atoms with van der Waals surface area (Å²) in [7, 11) is -2.07. The van der Waals surface area contributed by atoms with Gasteiger partial charge in [0, 0.05) is 12.7 Å². The second-order valence-corrected chi connectivity index (χ2v) is 8.66. The molecule has 0 fully saturated rings. The molecule has 0 atom stereocenters. The summed E-state index contributed by atoms with van der Waals surface area (Å²) < 4.78 is 30.6. The fourth-order valence-electron chi connectivity index (χ4n) is 2.67. The van der Waals surface area contributed by atoms with Gasteiger partial charge in [0.1, 0.15) is 11.5 Å². The van der Waals surface area contributed by atoms with E-state index in [0.29, 0.717) is 17.1 Å². The SMILES string of the molecule is Cc1ccc(Oc2ccc(NC(=O)c3ccccc3N(C)S(C)(=O)=O)cc2)cc1. The Morgan fingerprint density at radius 1 is 0.897 bits per heavy atom. The lowest BCUT2D eigenvalue weighted by atomic mass is 10.1. The summed E-state index contributed by atoms with van der Waals surface area (Å²) in [4.78, 5) is 12.7. The molecule has 0 aliphatic carbocycles. The Morgan fingerprint density at radius 2 is 1.45 bits per heavy atom. The van der Waals surface area contributed by atoms with E-state index in [2.05, 4.69) is 5.32 Å². The highest BCUT2D eigenvalue weighted by Crippen LogP contribution is 2.25. The third kappa shape index (κ3) is 5.14. The summed E-state index contributed by atoms with van der Waals surface area (Å²) in [6.45, 7) is 2.01. The Balaban J connectivity index is 1.74. The van der Waals surface area contributed by atoms with E-state index in [9.17, 15) is 13.2 Å². The van der Waals surface area contributed by atoms with Crippen molar-refractivity contribution in [2.24, 2.45) is 0 Å². The molecule has 3 rings (SSSR count). The van der Waals surface area contributed by atoms with Crippen molar-refractivity contribution in [1.29, 1.82) is 0 Å². The first-order valence-electron chi connectivity index (χ1n) is 8.93. The Kier molecular flexibility index (Phi) is 5.89. The van der Waals surface area contributed by atoms with Crippen molar-refractivity contribution in [2.45, 2.75) is 6.92 Å². The zero-order chi connectivity index (χ0) is 21.0. The van der Waals surface area contributed by atoms with E-state index in [1.807, 2.05) is 31.2 Å². The van der Waals surface area contributed by atoms with Crippen LogP contribution in [0.2, 0.25) is 0 Å². The van der Waals surface area contributed by atoms with E-state index in [1.165, 1.54) is 7.05 Å². The van der Waals surface area contributed by atoms with Crippen LogP contribution >= 0.6 is 0 Å². The van der Waals surface area contributed by atoms with Crippen molar-refractivity contribution < 1.29 is 17.9 Å². The molecular formula is C22H22N2O4S. The molecule has 3 aromatic carbocycles. The first-order valence-corrected chi connectivity index (χ1v) is 10.8. The molecule has 1 N–H and O–H groups in total. The highest BCUT2D eigenvalue weighted by atomic mass is 32.2. The van der Waals surface area contributed by atoms with Gasteiger partial charge in [-0.25, -0.2) is 8.42 Å². The number of nitrogens with zero attached hydrogens (tertiary/aromatic N) is 1. The number of sulfonamides is 1. The van der Waals surface area contributed by atoms with Gasteiger partial charge in [-0.15, -0.1) is 0 Å². The number of ether oxygens (including phenoxy) is 1. The van der Waals surface area contributed by atoms with Gasteiger partial charge in [0.2, 0.25) is 10.0 Å². The number of rotatable bonds is 6. The van der Waals surface area contributed by atoms with E-state index < -0.39 is 15.9 Å². The molecule has 0 aliphatic rings. The first-order chi connectivity index (χ1) is 13.7. The highest BCUT2D eigenvalue weighted by molar-refractivity contribution is 7.92. The number of hydrogen-bond acceptors (Lipinski definition) is 4. The smallest absolute Gasteiger partial charge is 0.257 e. The minimum atomic E-state index is -3.49. The summed E-state index contributed by atoms with van der Waals surface area (Å²) in [5.74, 6) is 0.970. The molecule has 7 heteroatoms. The Labute approximate surface area is 170 Å². The van der Waals surface area contributed by atoms with Crippen LogP contribution < -0.4 is 14.4 Å². The number of carbonyl (C=O) groups is 1. The molecule has 0 heterocycles. The van der Waals surface area contributed by atoms with Crippen molar-refractivity contribution in [3.63, 3.8) is 0 Å². The summed E-state index contributed by atoms with van der Waals surface area (Å²) in [5, 5.41) is 2.79. The predicted octanol–water partition coefficient (Wildman–Crippen LogP) is 4.44. The van der Waals surface area contributed by atoms with Crippen LogP contribution in [-0.2, 0) is 10.0 Å². The van der Waals surface area contributed by atoms with Crippen LogP contribution in [0.15, 0.2) is 72.8 Å². The summed E-state index contributed by atoms with van der Waals surface area (Å²) in [6.07, 6.45) is 1.09. The molecule has 6 nitrogen and oxygen atoms in total. The van der Waals surface area contributed by atoms with Gasteiger partial charge in [-0.05, 0) is 55.5 Å². The fourth-order valence-corrected chi connectivity index (χ4v) is 3.18. The topological polar surface area (TPSA) is 75.7 Å². The van der Waals surface area contributed by atoms with Crippen LogP contribution in [0, 0.1) is 6.92 Å². The summed E-state index contributed by atoms with van der Waals surface area (Å²) in [5.41, 5.74) is 2.30. The van der Waals surface area contributed by atoms with E-state index in [0.717, 1.165) is 21.9 Å². The average molecular weight is 410 g/mol. The molecule has 0 spiro atoms. The number of benzene rings is 3. The van der Waals surface area contributed by atoms with Gasteiger partial charge >= 0.3 is 0 Å². The van der Waals surface area contributed by atoms with E-state index in [1.54, 1.807) is 48.5 Å². The van der Waals surface area contributed by atoms with Crippen LogP contribution in [-0.4, -0.2) is 27.6 Å². The van der Waals surface area contributed by atoms with Gasteiger partial charge in [0.15, 0.2) is 0 Å². The second-order valence-electron chi connectivity index (χ2n) is 6.64. The second kappa shape index (κ2) is 8.36. The molecule has 0 bridgehead atoms. The molecule has 150 valence electrons. The maximum atomic E-state index is 12.7. The minimum absolute atomic E-state index is 0.264. The molecule has 0 unspecified atom stereocenters. The molecule has 0 radical (unpaired) electrons. The third-order valence-electron chi connectivity index (χ3n) is 4.35. The maximum absolute atomic E-state index is 12.7. The molecule has 3 aromatic rings.